The molecule has 0 saturated heterocycles. The van der Waals surface area contributed by atoms with Crippen LogP contribution in [0.2, 0.25) is 0 Å². The Morgan fingerprint density at radius 1 is 1.19 bits per heavy atom. The fourth-order valence-electron chi connectivity index (χ4n) is 2.24. The Morgan fingerprint density at radius 3 is 2.62 bits per heavy atom. The predicted octanol–water partition coefficient (Wildman–Crippen LogP) is 3.19. The topological polar surface area (TPSA) is 32.3 Å². The van der Waals surface area contributed by atoms with Gasteiger partial charge in [0.15, 0.2) is 0 Å². The number of carbonyl (C=O) groups excluding carboxylic acids is 1. The molecule has 0 aliphatic heterocycles. The number of fused-ring (bicyclic) bond motifs is 1. The smallest absolute Gasteiger partial charge is 0.236 e. The van der Waals surface area contributed by atoms with Gasteiger partial charge in [-0.3, -0.25) is 4.79 Å². The molecule has 0 aliphatic carbocycles. The van der Waals surface area contributed by atoms with E-state index in [1.165, 1.54) is 10.8 Å². The minimum Gasteiger partial charge on any atom is -0.340 e. The van der Waals surface area contributed by atoms with Crippen LogP contribution in [0, 0.1) is 0 Å². The average Bonchev–Trinajstić information content (AvgIpc) is 2.51. The summed E-state index contributed by atoms with van der Waals surface area (Å²) < 4.78 is 0. The zero-order valence-electron chi connectivity index (χ0n) is 13.1. The lowest BCUT2D eigenvalue weighted by Gasteiger charge is -2.19. The first-order valence-electron chi connectivity index (χ1n) is 7.55. The minimum atomic E-state index is 0.128. The predicted molar refractivity (Wildman–Crippen MR) is 88.2 cm³/mol. The molecule has 112 valence electrons. The summed E-state index contributed by atoms with van der Waals surface area (Å²) in [7, 11) is 1.86. The van der Waals surface area contributed by atoms with Gasteiger partial charge in [-0.15, -0.1) is 0 Å². The van der Waals surface area contributed by atoms with Crippen LogP contribution in [-0.2, 0) is 11.3 Å². The maximum absolute atomic E-state index is 12.1. The maximum Gasteiger partial charge on any atom is 0.236 e. The van der Waals surface area contributed by atoms with Gasteiger partial charge in [0.25, 0.3) is 0 Å². The molecular weight excluding hydrogens is 260 g/mol. The molecular formula is C18H24N2O. The molecule has 1 unspecified atom stereocenters. The highest BCUT2D eigenvalue weighted by molar-refractivity contribution is 5.83. The first-order valence-corrected chi connectivity index (χ1v) is 7.55. The summed E-state index contributed by atoms with van der Waals surface area (Å²) in [6.45, 7) is 5.25. The molecule has 1 amide bonds. The van der Waals surface area contributed by atoms with Gasteiger partial charge in [0, 0.05) is 19.6 Å². The number of amides is 1. The molecule has 2 aromatic rings. The van der Waals surface area contributed by atoms with Crippen molar-refractivity contribution in [3.05, 3.63) is 48.0 Å². The van der Waals surface area contributed by atoms with Crippen LogP contribution < -0.4 is 5.32 Å². The molecule has 3 heteroatoms. The van der Waals surface area contributed by atoms with E-state index in [0.29, 0.717) is 19.1 Å². The summed E-state index contributed by atoms with van der Waals surface area (Å²) in [4.78, 5) is 13.9. The Hall–Kier alpha value is -1.87. The Kier molecular flexibility index (Phi) is 5.34. The quantitative estimate of drug-likeness (QED) is 0.883. The molecule has 0 saturated carbocycles. The molecule has 0 spiro atoms. The number of rotatable bonds is 6. The molecule has 1 atom stereocenters. The van der Waals surface area contributed by atoms with E-state index in [4.69, 9.17) is 0 Å². The second kappa shape index (κ2) is 7.23. The Morgan fingerprint density at radius 2 is 1.90 bits per heavy atom. The normalized spacial score (nSPS) is 12.3. The van der Waals surface area contributed by atoms with Gasteiger partial charge in [-0.1, -0.05) is 43.3 Å². The van der Waals surface area contributed by atoms with Crippen molar-refractivity contribution in [2.24, 2.45) is 0 Å². The molecule has 2 aromatic carbocycles. The Balaban J connectivity index is 1.97. The summed E-state index contributed by atoms with van der Waals surface area (Å²) in [5, 5.41) is 5.68. The number of benzene rings is 2. The molecule has 0 heterocycles. The van der Waals surface area contributed by atoms with Crippen LogP contribution in [0.15, 0.2) is 42.5 Å². The first kappa shape index (κ1) is 15.5. The van der Waals surface area contributed by atoms with Crippen LogP contribution in [0.3, 0.4) is 0 Å². The van der Waals surface area contributed by atoms with Gasteiger partial charge < -0.3 is 10.2 Å². The van der Waals surface area contributed by atoms with Crippen molar-refractivity contribution < 1.29 is 4.79 Å². The standard InChI is InChI=1S/C18H24N2O/c1-4-14(2)19-12-18(21)20(3)13-15-9-10-16-7-5-6-8-17(16)11-15/h5-11,14,19H,4,12-13H2,1-3H3. The monoisotopic (exact) mass is 284 g/mol. The van der Waals surface area contributed by atoms with E-state index < -0.39 is 0 Å². The Labute approximate surface area is 127 Å². The van der Waals surface area contributed by atoms with Gasteiger partial charge in [-0.05, 0) is 35.7 Å². The van der Waals surface area contributed by atoms with Crippen molar-refractivity contribution in [3.8, 4) is 0 Å². The number of likely N-dealkylation sites (N-methyl/N-ethyl adjacent to an activating group) is 1. The summed E-state index contributed by atoms with van der Waals surface area (Å²) in [5.41, 5.74) is 1.16. The van der Waals surface area contributed by atoms with Gasteiger partial charge in [-0.25, -0.2) is 0 Å². The van der Waals surface area contributed by atoms with Crippen molar-refractivity contribution in [3.63, 3.8) is 0 Å². The molecule has 0 fully saturated rings. The first-order chi connectivity index (χ1) is 10.1. The fraction of sp³-hybridized carbons (Fsp3) is 0.389. The van der Waals surface area contributed by atoms with Gasteiger partial charge in [0.2, 0.25) is 5.91 Å². The van der Waals surface area contributed by atoms with Crippen LogP contribution in [0.25, 0.3) is 10.8 Å². The van der Waals surface area contributed by atoms with Gasteiger partial charge in [-0.2, -0.15) is 0 Å². The van der Waals surface area contributed by atoms with E-state index in [0.717, 1.165) is 12.0 Å². The van der Waals surface area contributed by atoms with Crippen molar-refractivity contribution in [2.75, 3.05) is 13.6 Å². The highest BCUT2D eigenvalue weighted by Gasteiger charge is 2.10. The average molecular weight is 284 g/mol. The number of hydrogen-bond acceptors (Lipinski definition) is 2. The number of nitrogens with one attached hydrogen (secondary N) is 1. The van der Waals surface area contributed by atoms with Crippen LogP contribution >= 0.6 is 0 Å². The Bertz CT molecular complexity index is 609. The molecule has 3 nitrogen and oxygen atoms in total. The van der Waals surface area contributed by atoms with Crippen molar-refractivity contribution >= 4 is 16.7 Å². The van der Waals surface area contributed by atoms with Crippen LogP contribution in [0.5, 0.6) is 0 Å². The van der Waals surface area contributed by atoms with Gasteiger partial charge >= 0.3 is 0 Å². The highest BCUT2D eigenvalue weighted by atomic mass is 16.2. The largest absolute Gasteiger partial charge is 0.340 e. The highest BCUT2D eigenvalue weighted by Crippen LogP contribution is 2.16. The number of carbonyl (C=O) groups is 1. The molecule has 21 heavy (non-hydrogen) atoms. The van der Waals surface area contributed by atoms with E-state index in [-0.39, 0.29) is 5.91 Å². The van der Waals surface area contributed by atoms with Crippen molar-refractivity contribution in [2.45, 2.75) is 32.9 Å². The van der Waals surface area contributed by atoms with Crippen LogP contribution in [-0.4, -0.2) is 30.4 Å². The lowest BCUT2D eigenvalue weighted by Crippen LogP contribution is -2.38. The van der Waals surface area contributed by atoms with Gasteiger partial charge in [0.05, 0.1) is 6.54 Å². The third-order valence-corrected chi connectivity index (χ3v) is 3.87. The van der Waals surface area contributed by atoms with Crippen molar-refractivity contribution in [1.29, 1.82) is 0 Å². The number of hydrogen-bond donors (Lipinski definition) is 1. The molecule has 0 radical (unpaired) electrons. The maximum atomic E-state index is 12.1. The van der Waals surface area contributed by atoms with Crippen LogP contribution in [0.4, 0.5) is 0 Å². The van der Waals surface area contributed by atoms with E-state index in [9.17, 15) is 4.79 Å². The number of nitrogens with zero attached hydrogens (tertiary/aromatic N) is 1. The summed E-state index contributed by atoms with van der Waals surface area (Å²) in [5.74, 6) is 0.128. The molecule has 2 rings (SSSR count). The van der Waals surface area contributed by atoms with E-state index >= 15 is 0 Å². The minimum absolute atomic E-state index is 0.128. The third kappa shape index (κ3) is 4.30. The molecule has 0 aromatic heterocycles. The second-order valence-electron chi connectivity index (χ2n) is 5.62. The summed E-state index contributed by atoms with van der Waals surface area (Å²) >= 11 is 0. The zero-order chi connectivity index (χ0) is 15.2. The second-order valence-corrected chi connectivity index (χ2v) is 5.62. The molecule has 0 bridgehead atoms. The molecule has 1 N–H and O–H groups in total. The zero-order valence-corrected chi connectivity index (χ0v) is 13.1. The molecule has 0 aliphatic rings. The van der Waals surface area contributed by atoms with Crippen molar-refractivity contribution in [1.82, 2.24) is 10.2 Å². The summed E-state index contributed by atoms with van der Waals surface area (Å²) in [6, 6.07) is 15.0. The lowest BCUT2D eigenvalue weighted by atomic mass is 10.1. The van der Waals surface area contributed by atoms with E-state index in [2.05, 4.69) is 49.5 Å². The third-order valence-electron chi connectivity index (χ3n) is 3.87. The van der Waals surface area contributed by atoms with E-state index in [1.54, 1.807) is 4.90 Å². The van der Waals surface area contributed by atoms with Gasteiger partial charge in [0.1, 0.15) is 0 Å². The SMILES string of the molecule is CCC(C)NCC(=O)N(C)Cc1ccc2ccccc2c1. The van der Waals surface area contributed by atoms with Crippen LogP contribution in [0.1, 0.15) is 25.8 Å². The summed E-state index contributed by atoms with van der Waals surface area (Å²) in [6.07, 6.45) is 1.03. The lowest BCUT2D eigenvalue weighted by molar-refractivity contribution is -0.129. The van der Waals surface area contributed by atoms with E-state index in [1.807, 2.05) is 19.2 Å². The fourth-order valence-corrected chi connectivity index (χ4v) is 2.24.